The van der Waals surface area contributed by atoms with E-state index < -0.39 is 0 Å². The maximum absolute atomic E-state index is 12.0. The van der Waals surface area contributed by atoms with Gasteiger partial charge in [0.25, 0.3) is 0 Å². The summed E-state index contributed by atoms with van der Waals surface area (Å²) >= 11 is 0. The summed E-state index contributed by atoms with van der Waals surface area (Å²) in [4.78, 5) is 17.8. The van der Waals surface area contributed by atoms with Crippen LogP contribution in [0, 0.1) is 0 Å². The molecule has 1 heterocycles. The summed E-state index contributed by atoms with van der Waals surface area (Å²) in [6.45, 7) is 5.97. The number of amides is 1. The maximum atomic E-state index is 12.0. The summed E-state index contributed by atoms with van der Waals surface area (Å²) in [6.07, 6.45) is 3.95. The molecule has 4 nitrogen and oxygen atoms in total. The molecule has 1 aromatic rings. The van der Waals surface area contributed by atoms with E-state index in [0.717, 1.165) is 18.7 Å². The molecular weight excluding hydrogens is 214 g/mol. The lowest BCUT2D eigenvalue weighted by Crippen LogP contribution is -2.32. The summed E-state index contributed by atoms with van der Waals surface area (Å²) < 4.78 is 0. The topological polar surface area (TPSA) is 59.2 Å². The Morgan fingerprint density at radius 2 is 1.94 bits per heavy atom. The third-order valence-electron chi connectivity index (χ3n) is 3.00. The summed E-state index contributed by atoms with van der Waals surface area (Å²) in [7, 11) is 0. The van der Waals surface area contributed by atoms with Gasteiger partial charge in [0.05, 0.1) is 0 Å². The largest absolute Gasteiger partial charge is 0.343 e. The third kappa shape index (κ3) is 3.82. The fraction of sp³-hybridized carbons (Fsp3) is 0.538. The van der Waals surface area contributed by atoms with Crippen molar-refractivity contribution in [2.45, 2.75) is 26.2 Å². The Morgan fingerprint density at radius 1 is 1.35 bits per heavy atom. The molecule has 2 N–H and O–H groups in total. The van der Waals surface area contributed by atoms with Gasteiger partial charge < -0.3 is 10.6 Å². The van der Waals surface area contributed by atoms with Gasteiger partial charge in [0.15, 0.2) is 0 Å². The van der Waals surface area contributed by atoms with Gasteiger partial charge in [-0.3, -0.25) is 9.78 Å². The minimum atomic E-state index is 0.0890. The van der Waals surface area contributed by atoms with Crippen LogP contribution < -0.4 is 5.73 Å². The summed E-state index contributed by atoms with van der Waals surface area (Å²) in [6, 6.07) is 3.85. The van der Waals surface area contributed by atoms with Crippen LogP contribution in [0.1, 0.15) is 31.7 Å². The normalized spacial score (nSPS) is 12.2. The molecule has 0 aliphatic heterocycles. The summed E-state index contributed by atoms with van der Waals surface area (Å²) in [5.41, 5.74) is 6.83. The number of carbonyl (C=O) groups excluding carboxylic acids is 1. The van der Waals surface area contributed by atoms with E-state index in [2.05, 4.69) is 4.98 Å². The standard InChI is InChI=1S/C13H21N3O/c1-3-16(4-2)13(17)9-12(10-14)11-5-7-15-8-6-11/h5-8,12H,3-4,9-10,14H2,1-2H3. The van der Waals surface area contributed by atoms with Crippen molar-refractivity contribution in [3.05, 3.63) is 30.1 Å². The molecule has 0 radical (unpaired) electrons. The van der Waals surface area contributed by atoms with Crippen molar-refractivity contribution in [1.82, 2.24) is 9.88 Å². The molecule has 4 heteroatoms. The van der Waals surface area contributed by atoms with E-state index in [1.807, 2.05) is 30.9 Å². The second-order valence-electron chi connectivity index (χ2n) is 3.98. The minimum absolute atomic E-state index is 0.0890. The van der Waals surface area contributed by atoms with E-state index in [4.69, 9.17) is 5.73 Å². The molecule has 0 bridgehead atoms. The zero-order valence-corrected chi connectivity index (χ0v) is 10.6. The van der Waals surface area contributed by atoms with E-state index >= 15 is 0 Å². The highest BCUT2D eigenvalue weighted by atomic mass is 16.2. The Hall–Kier alpha value is -1.42. The molecule has 0 saturated heterocycles. The molecule has 0 aromatic carbocycles. The molecule has 17 heavy (non-hydrogen) atoms. The van der Waals surface area contributed by atoms with Crippen LogP contribution in [-0.4, -0.2) is 35.4 Å². The minimum Gasteiger partial charge on any atom is -0.343 e. The van der Waals surface area contributed by atoms with Gasteiger partial charge in [-0.1, -0.05) is 0 Å². The molecule has 94 valence electrons. The van der Waals surface area contributed by atoms with E-state index in [1.54, 1.807) is 12.4 Å². The highest BCUT2D eigenvalue weighted by Gasteiger charge is 2.17. The number of nitrogens with two attached hydrogens (primary N) is 1. The second kappa shape index (κ2) is 7.01. The van der Waals surface area contributed by atoms with Crippen molar-refractivity contribution in [2.75, 3.05) is 19.6 Å². The van der Waals surface area contributed by atoms with Crippen LogP contribution in [0.15, 0.2) is 24.5 Å². The Bertz CT molecular complexity index is 336. The van der Waals surface area contributed by atoms with Crippen molar-refractivity contribution in [3.63, 3.8) is 0 Å². The van der Waals surface area contributed by atoms with Crippen molar-refractivity contribution in [1.29, 1.82) is 0 Å². The summed E-state index contributed by atoms with van der Waals surface area (Å²) in [5, 5.41) is 0. The van der Waals surface area contributed by atoms with Gasteiger partial charge in [-0.25, -0.2) is 0 Å². The lowest BCUT2D eigenvalue weighted by molar-refractivity contribution is -0.131. The fourth-order valence-corrected chi connectivity index (χ4v) is 1.89. The average Bonchev–Trinajstić information content (AvgIpc) is 2.38. The zero-order chi connectivity index (χ0) is 12.7. The van der Waals surface area contributed by atoms with Gasteiger partial charge in [0.2, 0.25) is 5.91 Å². The first-order chi connectivity index (χ1) is 8.22. The van der Waals surface area contributed by atoms with Crippen LogP contribution in [0.4, 0.5) is 0 Å². The van der Waals surface area contributed by atoms with E-state index in [9.17, 15) is 4.79 Å². The van der Waals surface area contributed by atoms with Crippen molar-refractivity contribution < 1.29 is 4.79 Å². The van der Waals surface area contributed by atoms with E-state index in [1.165, 1.54) is 0 Å². The van der Waals surface area contributed by atoms with Crippen LogP contribution in [0.5, 0.6) is 0 Å². The second-order valence-corrected chi connectivity index (χ2v) is 3.98. The number of carbonyl (C=O) groups is 1. The Labute approximate surface area is 103 Å². The maximum Gasteiger partial charge on any atom is 0.223 e. The lowest BCUT2D eigenvalue weighted by atomic mass is 9.96. The predicted octanol–water partition coefficient (Wildman–Crippen LogP) is 1.38. The molecule has 1 amide bonds. The number of pyridine rings is 1. The van der Waals surface area contributed by atoms with Gasteiger partial charge in [-0.2, -0.15) is 0 Å². The van der Waals surface area contributed by atoms with Gasteiger partial charge >= 0.3 is 0 Å². The first-order valence-corrected chi connectivity index (χ1v) is 6.10. The van der Waals surface area contributed by atoms with Crippen LogP contribution in [0.3, 0.4) is 0 Å². The van der Waals surface area contributed by atoms with Gasteiger partial charge in [-0.05, 0) is 38.1 Å². The van der Waals surface area contributed by atoms with Crippen LogP contribution >= 0.6 is 0 Å². The molecule has 0 aliphatic rings. The first-order valence-electron chi connectivity index (χ1n) is 6.10. The Morgan fingerprint density at radius 3 is 2.41 bits per heavy atom. The number of rotatable bonds is 6. The van der Waals surface area contributed by atoms with E-state index in [0.29, 0.717) is 13.0 Å². The quantitative estimate of drug-likeness (QED) is 0.810. The molecule has 0 fully saturated rings. The van der Waals surface area contributed by atoms with Crippen LogP contribution in [0.25, 0.3) is 0 Å². The Balaban J connectivity index is 2.68. The van der Waals surface area contributed by atoms with Gasteiger partial charge in [0, 0.05) is 37.8 Å². The van der Waals surface area contributed by atoms with Crippen LogP contribution in [-0.2, 0) is 4.79 Å². The van der Waals surface area contributed by atoms with Crippen LogP contribution in [0.2, 0.25) is 0 Å². The number of hydrogen-bond donors (Lipinski definition) is 1. The predicted molar refractivity (Wildman–Crippen MR) is 68.6 cm³/mol. The molecular formula is C13H21N3O. The summed E-state index contributed by atoms with van der Waals surface area (Å²) in [5.74, 6) is 0.258. The SMILES string of the molecule is CCN(CC)C(=O)CC(CN)c1ccncc1. The fourth-order valence-electron chi connectivity index (χ4n) is 1.89. The van der Waals surface area contributed by atoms with Crippen molar-refractivity contribution in [3.8, 4) is 0 Å². The molecule has 0 aliphatic carbocycles. The third-order valence-corrected chi connectivity index (χ3v) is 3.00. The number of aromatic nitrogens is 1. The van der Waals surface area contributed by atoms with Crippen molar-refractivity contribution >= 4 is 5.91 Å². The average molecular weight is 235 g/mol. The highest BCUT2D eigenvalue weighted by Crippen LogP contribution is 2.18. The molecule has 1 unspecified atom stereocenters. The number of nitrogens with zero attached hydrogens (tertiary/aromatic N) is 2. The number of hydrogen-bond acceptors (Lipinski definition) is 3. The van der Waals surface area contributed by atoms with Gasteiger partial charge in [-0.15, -0.1) is 0 Å². The zero-order valence-electron chi connectivity index (χ0n) is 10.6. The smallest absolute Gasteiger partial charge is 0.223 e. The molecule has 1 rings (SSSR count). The Kier molecular flexibility index (Phi) is 5.63. The monoisotopic (exact) mass is 235 g/mol. The van der Waals surface area contributed by atoms with Crippen molar-refractivity contribution in [2.24, 2.45) is 5.73 Å². The first kappa shape index (κ1) is 13.6. The lowest BCUT2D eigenvalue weighted by Gasteiger charge is -2.22. The van der Waals surface area contributed by atoms with E-state index in [-0.39, 0.29) is 11.8 Å². The molecule has 0 saturated carbocycles. The molecule has 0 spiro atoms. The molecule has 1 atom stereocenters. The highest BCUT2D eigenvalue weighted by molar-refractivity contribution is 5.77. The van der Waals surface area contributed by atoms with Gasteiger partial charge in [0.1, 0.15) is 0 Å². The molecule has 1 aromatic heterocycles.